The summed E-state index contributed by atoms with van der Waals surface area (Å²) in [5.74, 6) is -0.907. The lowest BCUT2D eigenvalue weighted by Crippen LogP contribution is -2.42. The second-order valence-corrected chi connectivity index (χ2v) is 6.48. The molecule has 0 spiro atoms. The third-order valence-electron chi connectivity index (χ3n) is 4.57. The van der Waals surface area contributed by atoms with Crippen molar-refractivity contribution in [2.24, 2.45) is 0 Å². The summed E-state index contributed by atoms with van der Waals surface area (Å²) in [7, 11) is 0. The lowest BCUT2D eigenvalue weighted by atomic mass is 10.1. The van der Waals surface area contributed by atoms with Gasteiger partial charge in [0.1, 0.15) is 6.54 Å². The van der Waals surface area contributed by atoms with E-state index in [9.17, 15) is 19.2 Å². The molecule has 9 nitrogen and oxygen atoms in total. The lowest BCUT2D eigenvalue weighted by molar-refractivity contribution is -0.127. The largest absolute Gasteiger partial charge is 0.439 e. The fourth-order valence-corrected chi connectivity index (χ4v) is 2.84. The first kappa shape index (κ1) is 19.3. The van der Waals surface area contributed by atoms with Crippen molar-refractivity contribution in [3.63, 3.8) is 0 Å². The number of aryl methyl sites for hydroxylation is 1. The van der Waals surface area contributed by atoms with Crippen LogP contribution < -0.4 is 10.9 Å². The van der Waals surface area contributed by atoms with E-state index in [1.807, 2.05) is 6.07 Å². The molecule has 0 bridgehead atoms. The Morgan fingerprint density at radius 2 is 1.93 bits per heavy atom. The highest BCUT2D eigenvalue weighted by Crippen LogP contribution is 2.17. The number of nitrogens with one attached hydrogen (secondary N) is 1. The summed E-state index contributed by atoms with van der Waals surface area (Å²) in [5, 5.41) is 2.78. The number of carbonyl (C=O) groups excluding carboxylic acids is 3. The van der Waals surface area contributed by atoms with Crippen LogP contribution in [-0.2, 0) is 20.9 Å². The number of cyclic esters (lactones) is 1. The van der Waals surface area contributed by atoms with E-state index in [1.165, 1.54) is 10.9 Å². The maximum absolute atomic E-state index is 12.6. The van der Waals surface area contributed by atoms with Crippen LogP contribution in [0.1, 0.15) is 22.9 Å². The zero-order valence-electron chi connectivity index (χ0n) is 15.5. The molecular weight excluding hydrogens is 364 g/mol. The van der Waals surface area contributed by atoms with Crippen molar-refractivity contribution in [1.29, 1.82) is 0 Å². The van der Waals surface area contributed by atoms with E-state index in [-0.39, 0.29) is 25.3 Å². The highest BCUT2D eigenvalue weighted by Gasteiger charge is 2.33. The molecule has 146 valence electrons. The Morgan fingerprint density at radius 1 is 1.21 bits per heavy atom. The van der Waals surface area contributed by atoms with Crippen molar-refractivity contribution >= 4 is 17.9 Å². The molecule has 1 aliphatic rings. The van der Waals surface area contributed by atoms with Crippen LogP contribution >= 0.6 is 0 Å². The van der Waals surface area contributed by atoms with Crippen molar-refractivity contribution in [3.8, 4) is 0 Å². The van der Waals surface area contributed by atoms with Crippen molar-refractivity contribution in [2.45, 2.75) is 26.4 Å². The Labute approximate surface area is 160 Å². The van der Waals surface area contributed by atoms with Gasteiger partial charge in [-0.25, -0.2) is 14.7 Å². The van der Waals surface area contributed by atoms with E-state index in [0.717, 1.165) is 4.90 Å². The number of hydrogen-bond acceptors (Lipinski definition) is 6. The monoisotopic (exact) mass is 384 g/mol. The molecule has 2 heterocycles. The van der Waals surface area contributed by atoms with Crippen molar-refractivity contribution in [1.82, 2.24) is 19.8 Å². The maximum Gasteiger partial charge on any atom is 0.417 e. The van der Waals surface area contributed by atoms with Crippen LogP contribution in [0.5, 0.6) is 0 Å². The molecule has 3 rings (SSSR count). The fraction of sp³-hybridized carbons (Fsp3) is 0.316. The van der Waals surface area contributed by atoms with Crippen molar-refractivity contribution < 1.29 is 19.1 Å². The molecule has 1 atom stereocenters. The molecule has 0 radical (unpaired) electrons. The normalized spacial score (nSPS) is 14.7. The van der Waals surface area contributed by atoms with Crippen LogP contribution in [0.4, 0.5) is 4.79 Å². The third kappa shape index (κ3) is 4.08. The Balaban J connectivity index is 1.78. The molecule has 0 aliphatic carbocycles. The Bertz CT molecular complexity index is 954. The van der Waals surface area contributed by atoms with Gasteiger partial charge < -0.3 is 10.1 Å². The number of hydrogen-bond donors (Lipinski definition) is 1. The molecule has 1 N–H and O–H groups in total. The van der Waals surface area contributed by atoms with Gasteiger partial charge in [-0.1, -0.05) is 30.3 Å². The summed E-state index contributed by atoms with van der Waals surface area (Å²) >= 11 is 0. The summed E-state index contributed by atoms with van der Waals surface area (Å²) in [4.78, 5) is 53.5. The molecule has 1 fully saturated rings. The zero-order chi connectivity index (χ0) is 20.3. The fourth-order valence-electron chi connectivity index (χ4n) is 2.84. The summed E-state index contributed by atoms with van der Waals surface area (Å²) < 4.78 is 5.94. The van der Waals surface area contributed by atoms with E-state index in [1.54, 1.807) is 38.1 Å². The first-order valence-corrected chi connectivity index (χ1v) is 8.71. The molecule has 9 heteroatoms. The Kier molecular flexibility index (Phi) is 5.53. The Hall–Kier alpha value is -3.49. The van der Waals surface area contributed by atoms with Crippen LogP contribution in [0.3, 0.4) is 0 Å². The van der Waals surface area contributed by atoms with E-state index in [2.05, 4.69) is 10.3 Å². The van der Waals surface area contributed by atoms with E-state index in [4.69, 9.17) is 4.74 Å². The number of nitrogens with zero attached hydrogens (tertiary/aromatic N) is 3. The first-order valence-electron chi connectivity index (χ1n) is 8.71. The molecule has 1 unspecified atom stereocenters. The molecule has 1 aromatic heterocycles. The van der Waals surface area contributed by atoms with Gasteiger partial charge in [0.2, 0.25) is 5.91 Å². The third-order valence-corrected chi connectivity index (χ3v) is 4.57. The smallest absolute Gasteiger partial charge is 0.417 e. The highest BCUT2D eigenvalue weighted by molar-refractivity contribution is 5.97. The van der Waals surface area contributed by atoms with Crippen molar-refractivity contribution in [2.75, 3.05) is 13.2 Å². The highest BCUT2D eigenvalue weighted by atomic mass is 16.6. The van der Waals surface area contributed by atoms with Gasteiger partial charge in [0.15, 0.2) is 6.61 Å². The summed E-state index contributed by atoms with van der Waals surface area (Å²) in [6, 6.07) is 8.31. The number of imide groups is 1. The van der Waals surface area contributed by atoms with E-state index in [0.29, 0.717) is 16.8 Å². The van der Waals surface area contributed by atoms with Crippen LogP contribution in [0.25, 0.3) is 0 Å². The second kappa shape index (κ2) is 8.03. The average molecular weight is 384 g/mol. The average Bonchev–Trinajstić information content (AvgIpc) is 3.00. The number of carbonyl (C=O) groups is 3. The minimum absolute atomic E-state index is 0.0620. The summed E-state index contributed by atoms with van der Waals surface area (Å²) in [5.41, 5.74) is 1.50. The Morgan fingerprint density at radius 3 is 2.57 bits per heavy atom. The van der Waals surface area contributed by atoms with Gasteiger partial charge in [0, 0.05) is 11.3 Å². The van der Waals surface area contributed by atoms with Crippen molar-refractivity contribution in [3.05, 3.63) is 63.8 Å². The van der Waals surface area contributed by atoms with Crippen LogP contribution in [0, 0.1) is 13.8 Å². The second-order valence-electron chi connectivity index (χ2n) is 6.48. The van der Waals surface area contributed by atoms with Crippen LogP contribution in [-0.4, -0.2) is 45.5 Å². The van der Waals surface area contributed by atoms with Gasteiger partial charge >= 0.3 is 6.09 Å². The molecule has 1 aromatic carbocycles. The molecule has 1 aliphatic heterocycles. The van der Waals surface area contributed by atoms with Crippen LogP contribution in [0.15, 0.2) is 41.5 Å². The van der Waals surface area contributed by atoms with E-state index < -0.39 is 23.9 Å². The topological polar surface area (TPSA) is 111 Å². The minimum Gasteiger partial charge on any atom is -0.439 e. The number of aromatic nitrogens is 2. The number of ether oxygens (including phenoxy) is 1. The van der Waals surface area contributed by atoms with E-state index >= 15 is 0 Å². The number of benzene rings is 1. The predicted octanol–water partition coefficient (Wildman–Crippen LogP) is 0.696. The SMILES string of the molecule is Cc1ncn(CC(=O)NC(CN2C(=O)COC2=O)c2ccccc2)c(=O)c1C. The number of rotatable bonds is 6. The molecule has 3 amide bonds. The molecular formula is C19H20N4O5. The van der Waals surface area contributed by atoms with Gasteiger partial charge in [-0.3, -0.25) is 19.0 Å². The van der Waals surface area contributed by atoms with Crippen LogP contribution in [0.2, 0.25) is 0 Å². The molecule has 28 heavy (non-hydrogen) atoms. The molecule has 2 aromatic rings. The quantitative estimate of drug-likeness (QED) is 0.785. The van der Waals surface area contributed by atoms with Gasteiger partial charge in [-0.05, 0) is 19.4 Å². The molecule has 0 saturated carbocycles. The van der Waals surface area contributed by atoms with Gasteiger partial charge in [0.25, 0.3) is 11.5 Å². The van der Waals surface area contributed by atoms with Gasteiger partial charge in [0.05, 0.1) is 18.9 Å². The minimum atomic E-state index is -0.741. The maximum atomic E-state index is 12.6. The number of amides is 3. The zero-order valence-corrected chi connectivity index (χ0v) is 15.5. The first-order chi connectivity index (χ1) is 13.4. The predicted molar refractivity (Wildman–Crippen MR) is 98.4 cm³/mol. The lowest BCUT2D eigenvalue weighted by Gasteiger charge is -2.23. The van der Waals surface area contributed by atoms with Gasteiger partial charge in [-0.2, -0.15) is 0 Å². The van der Waals surface area contributed by atoms with Gasteiger partial charge in [-0.15, -0.1) is 0 Å². The molecule has 1 saturated heterocycles. The standard InChI is InChI=1S/C19H20N4O5/c1-12-13(2)20-11-22(18(12)26)9-16(24)21-15(14-6-4-3-5-7-14)8-23-17(25)10-28-19(23)27/h3-7,11,15H,8-10H2,1-2H3,(H,21,24). The summed E-state index contributed by atoms with van der Waals surface area (Å²) in [6.45, 7) is 2.77. The summed E-state index contributed by atoms with van der Waals surface area (Å²) in [6.07, 6.45) is 0.582.